The number of rotatable bonds is 8. The average Bonchev–Trinajstić information content (AvgIpc) is 2.38. The highest BCUT2D eigenvalue weighted by atomic mass is 16.5. The van der Waals surface area contributed by atoms with Crippen molar-refractivity contribution in [3.8, 4) is 18.1 Å². The van der Waals surface area contributed by atoms with Crippen LogP contribution in [0.2, 0.25) is 0 Å². The van der Waals surface area contributed by atoms with Crippen molar-refractivity contribution in [3.63, 3.8) is 0 Å². The third kappa shape index (κ3) is 5.05. The molecule has 1 rings (SSSR count). The maximum atomic E-state index is 8.97. The SMILES string of the molecule is C#CCOc1ccc(CN(CC=C)CCO)cc1. The van der Waals surface area contributed by atoms with Crippen LogP contribution in [0.15, 0.2) is 36.9 Å². The molecule has 0 saturated carbocycles. The summed E-state index contributed by atoms with van der Waals surface area (Å²) in [5.74, 6) is 3.20. The fraction of sp³-hybridized carbons (Fsp3) is 0.333. The molecule has 96 valence electrons. The molecule has 0 aliphatic carbocycles. The summed E-state index contributed by atoms with van der Waals surface area (Å²) < 4.78 is 5.30. The van der Waals surface area contributed by atoms with E-state index in [-0.39, 0.29) is 13.2 Å². The monoisotopic (exact) mass is 245 g/mol. The molecular formula is C15H19NO2. The van der Waals surface area contributed by atoms with Crippen LogP contribution in [0.25, 0.3) is 0 Å². The van der Waals surface area contributed by atoms with Gasteiger partial charge in [0.05, 0.1) is 6.61 Å². The zero-order valence-electron chi connectivity index (χ0n) is 10.5. The number of benzene rings is 1. The average molecular weight is 245 g/mol. The molecule has 0 amide bonds. The first-order chi connectivity index (χ1) is 8.80. The molecule has 18 heavy (non-hydrogen) atoms. The summed E-state index contributed by atoms with van der Waals surface area (Å²) in [7, 11) is 0. The molecule has 1 N–H and O–H groups in total. The number of hydrogen-bond donors (Lipinski definition) is 1. The zero-order valence-corrected chi connectivity index (χ0v) is 10.5. The predicted octanol–water partition coefficient (Wildman–Crippen LogP) is 1.68. The Morgan fingerprint density at radius 2 is 2.11 bits per heavy atom. The van der Waals surface area contributed by atoms with E-state index in [0.29, 0.717) is 6.54 Å². The van der Waals surface area contributed by atoms with E-state index in [1.54, 1.807) is 0 Å². The second-order valence-corrected chi connectivity index (χ2v) is 3.88. The molecule has 0 bridgehead atoms. The van der Waals surface area contributed by atoms with Gasteiger partial charge in [-0.2, -0.15) is 0 Å². The van der Waals surface area contributed by atoms with Gasteiger partial charge in [0.2, 0.25) is 0 Å². The van der Waals surface area contributed by atoms with Crippen LogP contribution < -0.4 is 4.74 Å². The lowest BCUT2D eigenvalue weighted by molar-refractivity contribution is 0.203. The molecule has 0 aliphatic rings. The number of hydrogen-bond acceptors (Lipinski definition) is 3. The molecule has 1 aromatic rings. The van der Waals surface area contributed by atoms with Crippen LogP contribution in [-0.2, 0) is 6.54 Å². The first kappa shape index (κ1) is 14.3. The molecule has 0 radical (unpaired) electrons. The topological polar surface area (TPSA) is 32.7 Å². The van der Waals surface area contributed by atoms with Crippen molar-refractivity contribution in [1.82, 2.24) is 4.90 Å². The first-order valence-electron chi connectivity index (χ1n) is 5.89. The summed E-state index contributed by atoms with van der Waals surface area (Å²) in [6.07, 6.45) is 6.96. The van der Waals surface area contributed by atoms with Gasteiger partial charge in [0, 0.05) is 19.6 Å². The number of terminal acetylenes is 1. The summed E-state index contributed by atoms with van der Waals surface area (Å²) in [4.78, 5) is 2.12. The molecule has 1 aromatic carbocycles. The van der Waals surface area contributed by atoms with Crippen LogP contribution in [0, 0.1) is 12.3 Å². The molecule has 0 unspecified atom stereocenters. The van der Waals surface area contributed by atoms with Crippen LogP contribution in [0.3, 0.4) is 0 Å². The predicted molar refractivity (Wildman–Crippen MR) is 73.3 cm³/mol. The Morgan fingerprint density at radius 1 is 1.39 bits per heavy atom. The molecule has 0 saturated heterocycles. The highest BCUT2D eigenvalue weighted by molar-refractivity contribution is 5.27. The van der Waals surface area contributed by atoms with Crippen molar-refractivity contribution in [2.24, 2.45) is 0 Å². The summed E-state index contributed by atoms with van der Waals surface area (Å²) in [6, 6.07) is 7.80. The van der Waals surface area contributed by atoms with E-state index in [0.717, 1.165) is 18.8 Å². The van der Waals surface area contributed by atoms with Crippen LogP contribution in [0.1, 0.15) is 5.56 Å². The molecule has 0 fully saturated rings. The smallest absolute Gasteiger partial charge is 0.148 e. The van der Waals surface area contributed by atoms with Gasteiger partial charge in [-0.1, -0.05) is 24.1 Å². The van der Waals surface area contributed by atoms with Gasteiger partial charge < -0.3 is 9.84 Å². The van der Waals surface area contributed by atoms with Gasteiger partial charge in [-0.3, -0.25) is 4.90 Å². The van der Waals surface area contributed by atoms with Crippen LogP contribution in [0.5, 0.6) is 5.75 Å². The molecular weight excluding hydrogens is 226 g/mol. The van der Waals surface area contributed by atoms with Gasteiger partial charge in [0.25, 0.3) is 0 Å². The van der Waals surface area contributed by atoms with Crippen molar-refractivity contribution in [3.05, 3.63) is 42.5 Å². The van der Waals surface area contributed by atoms with E-state index in [2.05, 4.69) is 17.4 Å². The highest BCUT2D eigenvalue weighted by Gasteiger charge is 2.03. The first-order valence-corrected chi connectivity index (χ1v) is 5.89. The zero-order chi connectivity index (χ0) is 13.2. The van der Waals surface area contributed by atoms with Gasteiger partial charge in [-0.05, 0) is 17.7 Å². The van der Waals surface area contributed by atoms with E-state index < -0.39 is 0 Å². The Labute approximate surface area is 109 Å². The van der Waals surface area contributed by atoms with Crippen molar-refractivity contribution in [2.75, 3.05) is 26.3 Å². The lowest BCUT2D eigenvalue weighted by atomic mass is 10.2. The Bertz CT molecular complexity index is 392. The summed E-state index contributed by atoms with van der Waals surface area (Å²) in [5.41, 5.74) is 1.17. The fourth-order valence-electron chi connectivity index (χ4n) is 1.63. The second kappa shape index (κ2) is 8.35. The number of ether oxygens (including phenoxy) is 1. The van der Waals surface area contributed by atoms with Crippen LogP contribution in [0.4, 0.5) is 0 Å². The van der Waals surface area contributed by atoms with Crippen molar-refractivity contribution in [2.45, 2.75) is 6.54 Å². The minimum atomic E-state index is 0.150. The summed E-state index contributed by atoms with van der Waals surface area (Å²) in [5, 5.41) is 8.97. The van der Waals surface area contributed by atoms with E-state index in [9.17, 15) is 0 Å². The second-order valence-electron chi connectivity index (χ2n) is 3.88. The largest absolute Gasteiger partial charge is 0.481 e. The standard InChI is InChI=1S/C15H19NO2/c1-3-9-16(10-11-17)13-14-5-7-15(8-6-14)18-12-4-2/h2-3,5-8,17H,1,9-13H2. The quantitative estimate of drug-likeness (QED) is 0.558. The van der Waals surface area contributed by atoms with Crippen LogP contribution in [-0.4, -0.2) is 36.3 Å². The minimum absolute atomic E-state index is 0.150. The van der Waals surface area contributed by atoms with E-state index in [4.69, 9.17) is 16.3 Å². The molecule has 0 heterocycles. The summed E-state index contributed by atoms with van der Waals surface area (Å²) in [6.45, 7) is 6.32. The Kier molecular flexibility index (Phi) is 6.63. The fourth-order valence-corrected chi connectivity index (χ4v) is 1.63. The van der Waals surface area contributed by atoms with Crippen molar-refractivity contribution < 1.29 is 9.84 Å². The normalized spacial score (nSPS) is 10.1. The van der Waals surface area contributed by atoms with Gasteiger partial charge in [-0.25, -0.2) is 0 Å². The summed E-state index contributed by atoms with van der Waals surface area (Å²) >= 11 is 0. The minimum Gasteiger partial charge on any atom is -0.481 e. The number of aliphatic hydroxyl groups excluding tert-OH is 1. The number of nitrogens with zero attached hydrogens (tertiary/aromatic N) is 1. The van der Waals surface area contributed by atoms with Crippen molar-refractivity contribution >= 4 is 0 Å². The third-order valence-corrected chi connectivity index (χ3v) is 2.46. The van der Waals surface area contributed by atoms with Gasteiger partial charge in [0.15, 0.2) is 0 Å². The molecule has 3 heteroatoms. The van der Waals surface area contributed by atoms with Gasteiger partial charge >= 0.3 is 0 Å². The maximum absolute atomic E-state index is 8.97. The van der Waals surface area contributed by atoms with Gasteiger partial charge in [-0.15, -0.1) is 13.0 Å². The maximum Gasteiger partial charge on any atom is 0.148 e. The molecule has 0 spiro atoms. The Balaban J connectivity index is 2.55. The highest BCUT2D eigenvalue weighted by Crippen LogP contribution is 2.13. The van der Waals surface area contributed by atoms with E-state index >= 15 is 0 Å². The third-order valence-electron chi connectivity index (χ3n) is 2.46. The van der Waals surface area contributed by atoms with E-state index in [1.807, 2.05) is 30.3 Å². The van der Waals surface area contributed by atoms with Crippen LogP contribution >= 0.6 is 0 Å². The molecule has 3 nitrogen and oxygen atoms in total. The number of aliphatic hydroxyl groups is 1. The lowest BCUT2D eigenvalue weighted by Gasteiger charge is -2.19. The lowest BCUT2D eigenvalue weighted by Crippen LogP contribution is -2.26. The Hall–Kier alpha value is -1.76. The molecule has 0 atom stereocenters. The van der Waals surface area contributed by atoms with Crippen molar-refractivity contribution in [1.29, 1.82) is 0 Å². The van der Waals surface area contributed by atoms with E-state index in [1.165, 1.54) is 5.56 Å². The Morgan fingerprint density at radius 3 is 2.67 bits per heavy atom. The van der Waals surface area contributed by atoms with Gasteiger partial charge in [0.1, 0.15) is 12.4 Å². The molecule has 0 aliphatic heterocycles. The molecule has 0 aromatic heterocycles.